The maximum atomic E-state index is 11.7. The van der Waals surface area contributed by atoms with Crippen LogP contribution in [0.5, 0.6) is 5.75 Å². The summed E-state index contributed by atoms with van der Waals surface area (Å²) in [6.07, 6.45) is -3.14. The second kappa shape index (κ2) is 7.17. The van der Waals surface area contributed by atoms with E-state index in [0.29, 0.717) is 12.3 Å². The van der Waals surface area contributed by atoms with Crippen LogP contribution in [0.2, 0.25) is 0 Å². The van der Waals surface area contributed by atoms with Crippen molar-refractivity contribution in [3.63, 3.8) is 0 Å². The number of pyridine rings is 1. The van der Waals surface area contributed by atoms with Gasteiger partial charge in [-0.2, -0.15) is 0 Å². The Morgan fingerprint density at radius 2 is 2.06 bits per heavy atom. The van der Waals surface area contributed by atoms with Gasteiger partial charge in [0.2, 0.25) is 0 Å². The molecule has 0 radical (unpaired) electrons. The van der Waals surface area contributed by atoms with Crippen LogP contribution >= 0.6 is 0 Å². The highest BCUT2D eigenvalue weighted by molar-refractivity contribution is 5.19. The molecular weight excluding hydrogens is 249 g/mol. The molecule has 1 N–H and O–H groups in total. The van der Waals surface area contributed by atoms with Gasteiger partial charge in [-0.1, -0.05) is 6.92 Å². The second-order valence-electron chi connectivity index (χ2n) is 3.41. The summed E-state index contributed by atoms with van der Waals surface area (Å²) in [4.78, 5) is 4.09. The molecular formula is C11H15F3N2O2. The molecule has 1 aromatic heterocycles. The number of hydrogen-bond acceptors (Lipinski definition) is 4. The van der Waals surface area contributed by atoms with E-state index in [1.165, 1.54) is 6.20 Å². The standard InChI is InChI=1S/C11H15F3N2O2/c1-2-15-7-9-3-4-10(8-16-9)17-5-6-18-11(12,13)14/h3-4,8,15H,2,5-7H2,1H3. The summed E-state index contributed by atoms with van der Waals surface area (Å²) < 4.78 is 43.6. The number of nitrogens with zero attached hydrogens (tertiary/aromatic N) is 1. The van der Waals surface area contributed by atoms with Crippen molar-refractivity contribution < 1.29 is 22.6 Å². The minimum Gasteiger partial charge on any atom is -0.490 e. The van der Waals surface area contributed by atoms with E-state index in [-0.39, 0.29) is 6.61 Å². The molecule has 0 amide bonds. The molecule has 1 heterocycles. The van der Waals surface area contributed by atoms with E-state index >= 15 is 0 Å². The van der Waals surface area contributed by atoms with Gasteiger partial charge in [-0.05, 0) is 18.7 Å². The monoisotopic (exact) mass is 264 g/mol. The Bertz CT molecular complexity index is 341. The summed E-state index contributed by atoms with van der Waals surface area (Å²) in [5.41, 5.74) is 0.843. The van der Waals surface area contributed by atoms with Gasteiger partial charge in [0.25, 0.3) is 0 Å². The first-order valence-corrected chi connectivity index (χ1v) is 5.50. The number of nitrogens with one attached hydrogen (secondary N) is 1. The normalized spacial score (nSPS) is 11.6. The van der Waals surface area contributed by atoms with Gasteiger partial charge in [0.15, 0.2) is 0 Å². The first kappa shape index (κ1) is 14.7. The van der Waals surface area contributed by atoms with Gasteiger partial charge in [0.05, 0.1) is 18.5 Å². The van der Waals surface area contributed by atoms with E-state index in [4.69, 9.17) is 4.74 Å². The highest BCUT2D eigenvalue weighted by Gasteiger charge is 2.28. The van der Waals surface area contributed by atoms with E-state index < -0.39 is 13.0 Å². The largest absolute Gasteiger partial charge is 0.522 e. The van der Waals surface area contributed by atoms with Crippen LogP contribution in [0.3, 0.4) is 0 Å². The van der Waals surface area contributed by atoms with Crippen LogP contribution in [0.1, 0.15) is 12.6 Å². The molecule has 0 aliphatic heterocycles. The molecule has 0 aliphatic carbocycles. The Hall–Kier alpha value is -1.34. The fourth-order valence-corrected chi connectivity index (χ4v) is 1.17. The zero-order valence-electron chi connectivity index (χ0n) is 9.96. The Labute approximate surface area is 103 Å². The molecule has 1 rings (SSSR count). The summed E-state index contributed by atoms with van der Waals surface area (Å²) in [7, 11) is 0. The molecule has 18 heavy (non-hydrogen) atoms. The molecule has 0 bridgehead atoms. The van der Waals surface area contributed by atoms with Gasteiger partial charge in [0, 0.05) is 6.54 Å². The van der Waals surface area contributed by atoms with E-state index in [0.717, 1.165) is 12.2 Å². The lowest BCUT2D eigenvalue weighted by molar-refractivity contribution is -0.325. The quantitative estimate of drug-likeness (QED) is 0.766. The summed E-state index contributed by atoms with van der Waals surface area (Å²) in [6, 6.07) is 3.41. The molecule has 0 saturated heterocycles. The van der Waals surface area contributed by atoms with Gasteiger partial charge in [-0.3, -0.25) is 9.72 Å². The van der Waals surface area contributed by atoms with Crippen LogP contribution in [-0.2, 0) is 11.3 Å². The molecule has 0 aliphatic rings. The van der Waals surface area contributed by atoms with E-state index in [1.54, 1.807) is 12.1 Å². The lowest BCUT2D eigenvalue weighted by Crippen LogP contribution is -2.18. The fraction of sp³-hybridized carbons (Fsp3) is 0.545. The molecule has 0 saturated carbocycles. The number of ether oxygens (including phenoxy) is 2. The van der Waals surface area contributed by atoms with Crippen LogP contribution in [0.15, 0.2) is 18.3 Å². The second-order valence-corrected chi connectivity index (χ2v) is 3.41. The molecule has 0 unspecified atom stereocenters. The van der Waals surface area contributed by atoms with Gasteiger partial charge in [-0.25, -0.2) is 0 Å². The molecule has 0 spiro atoms. The Morgan fingerprint density at radius 1 is 1.28 bits per heavy atom. The minimum absolute atomic E-state index is 0.173. The smallest absolute Gasteiger partial charge is 0.490 e. The molecule has 7 heteroatoms. The van der Waals surface area contributed by atoms with Gasteiger partial charge in [-0.15, -0.1) is 13.2 Å². The summed E-state index contributed by atoms with van der Waals surface area (Å²) in [5, 5.41) is 3.10. The van der Waals surface area contributed by atoms with E-state index in [1.807, 2.05) is 6.92 Å². The van der Waals surface area contributed by atoms with Crippen molar-refractivity contribution in [2.75, 3.05) is 19.8 Å². The molecule has 1 aromatic rings. The molecule has 102 valence electrons. The Balaban J connectivity index is 2.26. The topological polar surface area (TPSA) is 43.4 Å². The van der Waals surface area contributed by atoms with Crippen LogP contribution in [0.4, 0.5) is 13.2 Å². The van der Waals surface area contributed by atoms with Crippen molar-refractivity contribution in [3.8, 4) is 5.75 Å². The highest BCUT2D eigenvalue weighted by Crippen LogP contribution is 2.16. The maximum Gasteiger partial charge on any atom is 0.522 e. The average molecular weight is 264 g/mol. The van der Waals surface area contributed by atoms with Crippen molar-refractivity contribution >= 4 is 0 Å². The first-order valence-electron chi connectivity index (χ1n) is 5.50. The molecule has 0 atom stereocenters. The summed E-state index contributed by atoms with van der Waals surface area (Å²) in [6.45, 7) is 2.76. The van der Waals surface area contributed by atoms with Crippen LogP contribution in [-0.4, -0.2) is 31.1 Å². The number of aromatic nitrogens is 1. The van der Waals surface area contributed by atoms with E-state index in [2.05, 4.69) is 15.0 Å². The van der Waals surface area contributed by atoms with Crippen LogP contribution in [0, 0.1) is 0 Å². The minimum atomic E-state index is -4.61. The molecule has 0 fully saturated rings. The predicted molar refractivity (Wildman–Crippen MR) is 59.1 cm³/mol. The number of hydrogen-bond donors (Lipinski definition) is 1. The van der Waals surface area contributed by atoms with Crippen molar-refractivity contribution in [2.24, 2.45) is 0 Å². The third kappa shape index (κ3) is 6.41. The zero-order chi connectivity index (χ0) is 13.4. The summed E-state index contributed by atoms with van der Waals surface area (Å²) >= 11 is 0. The summed E-state index contributed by atoms with van der Waals surface area (Å²) in [5.74, 6) is 0.418. The highest BCUT2D eigenvalue weighted by atomic mass is 19.4. The average Bonchev–Trinajstić information content (AvgIpc) is 2.32. The maximum absolute atomic E-state index is 11.7. The lowest BCUT2D eigenvalue weighted by Gasteiger charge is -2.09. The third-order valence-corrected chi connectivity index (χ3v) is 1.97. The lowest BCUT2D eigenvalue weighted by atomic mass is 10.3. The third-order valence-electron chi connectivity index (χ3n) is 1.97. The van der Waals surface area contributed by atoms with Crippen LogP contribution < -0.4 is 10.1 Å². The molecule has 0 aromatic carbocycles. The van der Waals surface area contributed by atoms with Crippen molar-refractivity contribution in [1.29, 1.82) is 0 Å². The first-order chi connectivity index (χ1) is 8.51. The Kier molecular flexibility index (Phi) is 5.87. The predicted octanol–water partition coefficient (Wildman–Crippen LogP) is 2.11. The van der Waals surface area contributed by atoms with Crippen molar-refractivity contribution in [1.82, 2.24) is 10.3 Å². The van der Waals surface area contributed by atoms with Gasteiger partial charge in [0.1, 0.15) is 12.4 Å². The van der Waals surface area contributed by atoms with E-state index in [9.17, 15) is 13.2 Å². The zero-order valence-corrected chi connectivity index (χ0v) is 9.96. The molecule has 4 nitrogen and oxygen atoms in total. The number of rotatable bonds is 7. The number of halogens is 3. The van der Waals surface area contributed by atoms with Crippen molar-refractivity contribution in [3.05, 3.63) is 24.0 Å². The number of alkyl halides is 3. The Morgan fingerprint density at radius 3 is 2.61 bits per heavy atom. The van der Waals surface area contributed by atoms with Gasteiger partial charge >= 0.3 is 6.36 Å². The SMILES string of the molecule is CCNCc1ccc(OCCOC(F)(F)F)cn1. The van der Waals surface area contributed by atoms with Crippen molar-refractivity contribution in [2.45, 2.75) is 19.8 Å². The van der Waals surface area contributed by atoms with Gasteiger partial charge < -0.3 is 10.1 Å². The fourth-order valence-electron chi connectivity index (χ4n) is 1.17. The van der Waals surface area contributed by atoms with Crippen LogP contribution in [0.25, 0.3) is 0 Å².